The molecule has 2 aliphatic heterocycles. The van der Waals surface area contributed by atoms with Crippen LogP contribution < -0.4 is 29.8 Å². The molecule has 0 atom stereocenters. The number of amides is 2. The number of nitrogens with zero attached hydrogens (tertiary/aromatic N) is 2. The predicted molar refractivity (Wildman–Crippen MR) is 137 cm³/mol. The van der Waals surface area contributed by atoms with E-state index in [4.69, 9.17) is 18.9 Å². The number of halogens is 2. The van der Waals surface area contributed by atoms with E-state index in [-0.39, 0.29) is 13.6 Å². The molecule has 2 aliphatic rings. The SMILES string of the molecule is O=C(N/N=C\c1cc2c(cc1Br)OCO2)c1ccc(C(=O)N/N=C\c2cc3c(cc2Br)OCO3)cc1. The molecule has 0 radical (unpaired) electrons. The van der Waals surface area contributed by atoms with Crippen molar-refractivity contribution in [3.8, 4) is 23.0 Å². The van der Waals surface area contributed by atoms with Gasteiger partial charge in [-0.25, -0.2) is 10.9 Å². The van der Waals surface area contributed by atoms with Crippen molar-refractivity contribution in [3.05, 3.63) is 79.7 Å². The van der Waals surface area contributed by atoms with E-state index in [0.29, 0.717) is 45.3 Å². The summed E-state index contributed by atoms with van der Waals surface area (Å²) in [6, 6.07) is 13.1. The van der Waals surface area contributed by atoms with Gasteiger partial charge in [-0.3, -0.25) is 9.59 Å². The number of nitrogens with one attached hydrogen (secondary N) is 2. The number of hydrazone groups is 2. The predicted octanol–water partition coefficient (Wildman–Crippen LogP) is 4.20. The lowest BCUT2D eigenvalue weighted by atomic mass is 10.1. The first-order valence-electron chi connectivity index (χ1n) is 10.4. The quantitative estimate of drug-likeness (QED) is 0.317. The topological polar surface area (TPSA) is 120 Å². The molecule has 3 aromatic carbocycles. The van der Waals surface area contributed by atoms with Gasteiger partial charge in [-0.2, -0.15) is 10.2 Å². The Hall–Kier alpha value is -3.90. The molecule has 0 saturated heterocycles. The number of rotatable bonds is 6. The third kappa shape index (κ3) is 5.19. The van der Waals surface area contributed by atoms with Gasteiger partial charge < -0.3 is 18.9 Å². The molecule has 5 rings (SSSR count). The van der Waals surface area contributed by atoms with Crippen molar-refractivity contribution in [1.29, 1.82) is 0 Å². The molecular formula is C24H16Br2N4O6. The fraction of sp³-hybridized carbons (Fsp3) is 0.0833. The van der Waals surface area contributed by atoms with Crippen LogP contribution in [0.5, 0.6) is 23.0 Å². The van der Waals surface area contributed by atoms with Crippen LogP contribution in [0.1, 0.15) is 31.8 Å². The van der Waals surface area contributed by atoms with Gasteiger partial charge in [0.25, 0.3) is 11.8 Å². The van der Waals surface area contributed by atoms with Crippen molar-refractivity contribution >= 4 is 56.1 Å². The molecule has 0 aliphatic carbocycles. The summed E-state index contributed by atoms with van der Waals surface area (Å²) in [4.78, 5) is 24.8. The van der Waals surface area contributed by atoms with Gasteiger partial charge in [-0.1, -0.05) is 0 Å². The average molecular weight is 616 g/mol. The van der Waals surface area contributed by atoms with E-state index in [1.807, 2.05) is 0 Å². The van der Waals surface area contributed by atoms with Crippen LogP contribution >= 0.6 is 31.9 Å². The zero-order chi connectivity index (χ0) is 25.1. The van der Waals surface area contributed by atoms with Crippen LogP contribution in [0.2, 0.25) is 0 Å². The average Bonchev–Trinajstić information content (AvgIpc) is 3.52. The third-order valence-corrected chi connectivity index (χ3v) is 6.51. The standard InChI is InChI=1S/C24H16Br2N4O6/c25-17-7-21-19(33-11-35-21)5-15(17)9-27-29-23(31)13-1-2-14(4-3-13)24(32)30-28-10-16-6-20-22(8-18(16)26)36-12-34-20/h1-10H,11-12H2,(H,29,31)(H,30,32)/b27-9-,28-10-. The molecule has 0 fully saturated rings. The Labute approximate surface area is 221 Å². The van der Waals surface area contributed by atoms with E-state index in [1.165, 1.54) is 36.7 Å². The maximum atomic E-state index is 12.4. The van der Waals surface area contributed by atoms with Gasteiger partial charge in [0, 0.05) is 31.2 Å². The molecule has 36 heavy (non-hydrogen) atoms. The second-order valence-corrected chi connectivity index (χ2v) is 9.14. The highest BCUT2D eigenvalue weighted by molar-refractivity contribution is 9.10. The number of carbonyl (C=O) groups is 2. The normalized spacial score (nSPS) is 13.4. The zero-order valence-corrected chi connectivity index (χ0v) is 21.5. The van der Waals surface area contributed by atoms with Crippen LogP contribution in [0.4, 0.5) is 0 Å². The maximum Gasteiger partial charge on any atom is 0.271 e. The number of ether oxygens (including phenoxy) is 4. The lowest BCUT2D eigenvalue weighted by Crippen LogP contribution is -2.19. The van der Waals surface area contributed by atoms with Gasteiger partial charge in [-0.05, 0) is 80.4 Å². The minimum absolute atomic E-state index is 0.164. The highest BCUT2D eigenvalue weighted by Crippen LogP contribution is 2.37. The van der Waals surface area contributed by atoms with E-state index < -0.39 is 11.8 Å². The lowest BCUT2D eigenvalue weighted by Gasteiger charge is -2.04. The molecule has 0 spiro atoms. The summed E-state index contributed by atoms with van der Waals surface area (Å²) >= 11 is 6.86. The Morgan fingerprint density at radius 2 is 1.03 bits per heavy atom. The summed E-state index contributed by atoms with van der Waals surface area (Å²) in [5.41, 5.74) is 7.00. The fourth-order valence-corrected chi connectivity index (χ4v) is 4.14. The van der Waals surface area contributed by atoms with Gasteiger partial charge in [0.15, 0.2) is 23.0 Å². The summed E-state index contributed by atoms with van der Waals surface area (Å²) in [7, 11) is 0. The second-order valence-electron chi connectivity index (χ2n) is 7.43. The summed E-state index contributed by atoms with van der Waals surface area (Å²) in [5, 5.41) is 7.98. The Morgan fingerprint density at radius 3 is 1.42 bits per heavy atom. The number of fused-ring (bicyclic) bond motifs is 2. The van der Waals surface area contributed by atoms with Crippen molar-refractivity contribution in [2.45, 2.75) is 0 Å². The first kappa shape index (κ1) is 23.8. The molecule has 0 bridgehead atoms. The van der Waals surface area contributed by atoms with Gasteiger partial charge in [-0.15, -0.1) is 0 Å². The van der Waals surface area contributed by atoms with Gasteiger partial charge in [0.05, 0.1) is 12.4 Å². The summed E-state index contributed by atoms with van der Waals surface area (Å²) in [5.74, 6) is 1.62. The van der Waals surface area contributed by atoms with Crippen molar-refractivity contribution < 1.29 is 28.5 Å². The van der Waals surface area contributed by atoms with Crippen molar-refractivity contribution in [3.63, 3.8) is 0 Å². The second kappa shape index (κ2) is 10.4. The zero-order valence-electron chi connectivity index (χ0n) is 18.3. The Bertz CT molecular complexity index is 1300. The minimum Gasteiger partial charge on any atom is -0.454 e. The smallest absolute Gasteiger partial charge is 0.271 e. The summed E-state index contributed by atoms with van der Waals surface area (Å²) in [6.07, 6.45) is 2.98. The molecule has 182 valence electrons. The third-order valence-electron chi connectivity index (χ3n) is 5.13. The monoisotopic (exact) mass is 614 g/mol. The number of hydrogen-bond donors (Lipinski definition) is 2. The molecule has 2 heterocycles. The maximum absolute atomic E-state index is 12.4. The number of hydrogen-bond acceptors (Lipinski definition) is 8. The largest absolute Gasteiger partial charge is 0.454 e. The Balaban J connectivity index is 1.16. The van der Waals surface area contributed by atoms with E-state index >= 15 is 0 Å². The van der Waals surface area contributed by atoms with Crippen LogP contribution in [-0.2, 0) is 0 Å². The molecule has 0 unspecified atom stereocenters. The van der Waals surface area contributed by atoms with Gasteiger partial charge in [0.1, 0.15) is 0 Å². The minimum atomic E-state index is -0.430. The number of carbonyl (C=O) groups excluding carboxylic acids is 2. The molecular weight excluding hydrogens is 600 g/mol. The summed E-state index contributed by atoms with van der Waals surface area (Å²) in [6.45, 7) is 0.328. The van der Waals surface area contributed by atoms with Gasteiger partial charge >= 0.3 is 0 Å². The van der Waals surface area contributed by atoms with Crippen LogP contribution in [0.25, 0.3) is 0 Å². The molecule has 10 nitrogen and oxygen atoms in total. The summed E-state index contributed by atoms with van der Waals surface area (Å²) < 4.78 is 22.8. The molecule has 2 amide bonds. The van der Waals surface area contributed by atoms with Crippen LogP contribution in [0.3, 0.4) is 0 Å². The fourth-order valence-electron chi connectivity index (χ4n) is 3.29. The number of benzene rings is 3. The lowest BCUT2D eigenvalue weighted by molar-refractivity contribution is 0.0943. The highest BCUT2D eigenvalue weighted by atomic mass is 79.9. The molecule has 12 heteroatoms. The first-order chi connectivity index (χ1) is 17.5. The van der Waals surface area contributed by atoms with Crippen LogP contribution in [0, 0.1) is 0 Å². The van der Waals surface area contributed by atoms with Crippen molar-refractivity contribution in [2.24, 2.45) is 10.2 Å². The van der Waals surface area contributed by atoms with Crippen molar-refractivity contribution in [1.82, 2.24) is 10.9 Å². The van der Waals surface area contributed by atoms with Crippen molar-refractivity contribution in [2.75, 3.05) is 13.6 Å². The Morgan fingerprint density at radius 1 is 0.667 bits per heavy atom. The van der Waals surface area contributed by atoms with E-state index in [2.05, 4.69) is 52.9 Å². The van der Waals surface area contributed by atoms with E-state index in [0.717, 1.165) is 8.95 Å². The van der Waals surface area contributed by atoms with E-state index in [1.54, 1.807) is 24.3 Å². The Kier molecular flexibility index (Phi) is 6.87. The highest BCUT2D eigenvalue weighted by Gasteiger charge is 2.17. The van der Waals surface area contributed by atoms with E-state index in [9.17, 15) is 9.59 Å². The first-order valence-corrected chi connectivity index (χ1v) is 12.0. The molecule has 2 N–H and O–H groups in total. The molecule has 0 saturated carbocycles. The molecule has 0 aromatic heterocycles. The van der Waals surface area contributed by atoms with Crippen LogP contribution in [-0.4, -0.2) is 37.8 Å². The van der Waals surface area contributed by atoms with Crippen LogP contribution in [0.15, 0.2) is 67.7 Å². The molecule has 3 aromatic rings. The van der Waals surface area contributed by atoms with Gasteiger partial charge in [0.2, 0.25) is 13.6 Å².